The van der Waals surface area contributed by atoms with Gasteiger partial charge in [0, 0.05) is 21.9 Å². The molecule has 0 aliphatic carbocycles. The van der Waals surface area contributed by atoms with Crippen LogP contribution in [0.2, 0.25) is 0 Å². The molecule has 0 spiro atoms. The largest absolute Gasteiger partial charge is 1.00 e. The van der Waals surface area contributed by atoms with E-state index in [1.54, 1.807) is 0 Å². The number of aliphatic imine (C=N–C) groups is 1. The Morgan fingerprint density at radius 3 is 2.56 bits per heavy atom. The Hall–Kier alpha value is -0.990. The third kappa shape index (κ3) is 8.00. The molecule has 3 N–H and O–H groups in total. The van der Waals surface area contributed by atoms with Crippen LogP contribution in [-0.4, -0.2) is 80.2 Å². The summed E-state index contributed by atoms with van der Waals surface area (Å²) in [6.45, 7) is -0.990. The Bertz CT molecular complexity index is 1120. The topological polar surface area (TPSA) is 194 Å². The molecule has 2 aliphatic rings. The van der Waals surface area contributed by atoms with Crippen LogP contribution >= 0.6 is 34.9 Å². The van der Waals surface area contributed by atoms with Crippen molar-refractivity contribution >= 4 is 69.4 Å². The molecule has 12 nitrogen and oxygen atoms in total. The molecule has 0 saturated carbocycles. The van der Waals surface area contributed by atoms with Gasteiger partial charge in [0.15, 0.2) is 17.8 Å². The van der Waals surface area contributed by atoms with Crippen molar-refractivity contribution in [1.29, 1.82) is 0 Å². The van der Waals surface area contributed by atoms with Gasteiger partial charge in [0.2, 0.25) is 0 Å². The van der Waals surface area contributed by atoms with E-state index in [1.165, 1.54) is 5.38 Å². The second kappa shape index (κ2) is 13.7. The average Bonchev–Trinajstić information content (AvgIpc) is 3.17. The van der Waals surface area contributed by atoms with E-state index in [0.29, 0.717) is 0 Å². The van der Waals surface area contributed by atoms with E-state index >= 15 is 0 Å². The first-order valence-electron chi connectivity index (χ1n) is 8.86. The number of fused-ring (bicyclic) bond motifs is 1. The Morgan fingerprint density at radius 1 is 1.36 bits per heavy atom. The van der Waals surface area contributed by atoms with Crippen LogP contribution in [0.4, 0.5) is 18.3 Å². The molecule has 2 atom stereocenters. The van der Waals surface area contributed by atoms with Crippen molar-refractivity contribution in [3.8, 4) is 0 Å². The van der Waals surface area contributed by atoms with E-state index in [1.807, 2.05) is 0 Å². The molecule has 1 amide bonds. The number of rotatable bonds is 9. The number of thiazole rings is 1. The number of carboxylic acid groups (broad SMARTS) is 2. The summed E-state index contributed by atoms with van der Waals surface area (Å²) in [4.78, 5) is 47.5. The number of carbonyl (C=O) groups excluding carboxylic acids is 2. The van der Waals surface area contributed by atoms with Crippen LogP contribution in [0.1, 0.15) is 5.69 Å². The summed E-state index contributed by atoms with van der Waals surface area (Å²) in [5, 5.41) is 36.5. The Labute approximate surface area is 257 Å². The maximum Gasteiger partial charge on any atom is 1.00 e. The maximum atomic E-state index is 12.7. The Kier molecular flexibility index (Phi) is 12.6. The van der Waals surface area contributed by atoms with Crippen molar-refractivity contribution in [2.45, 2.75) is 17.6 Å². The summed E-state index contributed by atoms with van der Waals surface area (Å²) in [5.74, 6) is -6.73. The fourth-order valence-corrected chi connectivity index (χ4v) is 5.69. The Balaban J connectivity index is 0.00000324. The molecule has 20 heteroatoms. The zero-order valence-electron chi connectivity index (χ0n) is 18.5. The number of amides is 1. The molecule has 1 aromatic heterocycles. The fraction of sp³-hybridized carbons (Fsp3) is 0.375. The minimum Gasteiger partial charge on any atom is -0.857 e. The summed E-state index contributed by atoms with van der Waals surface area (Å²) >= 11 is 2.14. The molecular formula is C16H12F3N5Na2O7S3. The number of β-lactam (4-membered cyclic amide) rings is 1. The zero-order chi connectivity index (χ0) is 25.2. The standard InChI is InChI=1S/C16H14F3N5O7S3.2Na/c17-16(18,19)4-34-6-3-32-13-9(12(28)24(13)10(6)14(29)30)22-11(27)8(23-31-1-7(25)26)5-2-33-15(20)21-5;;/h2,9,13H,1,3-4H2,(H2,20,21)(H,22,27)(H,25,26)(H,29,30);;/q;2*+1/p-2/b23-8+;;/t9-,13-;;/m1../s1. The third-order valence-electron chi connectivity index (χ3n) is 4.08. The van der Waals surface area contributed by atoms with Gasteiger partial charge in [0.25, 0.3) is 5.91 Å². The van der Waals surface area contributed by atoms with E-state index in [-0.39, 0.29) is 92.4 Å². The number of carboxylic acids is 2. The predicted octanol–water partition coefficient (Wildman–Crippen LogP) is -7.16. The molecule has 3 heterocycles. The zero-order valence-corrected chi connectivity index (χ0v) is 24.9. The van der Waals surface area contributed by atoms with E-state index in [4.69, 9.17) is 5.73 Å². The van der Waals surface area contributed by atoms with Crippen molar-refractivity contribution in [1.82, 2.24) is 9.88 Å². The van der Waals surface area contributed by atoms with Gasteiger partial charge in [-0.1, -0.05) is 5.16 Å². The second-order valence-electron chi connectivity index (χ2n) is 6.43. The average molecular weight is 585 g/mol. The van der Waals surface area contributed by atoms with Crippen molar-refractivity contribution < 1.29 is 107 Å². The first kappa shape index (κ1) is 33.0. The predicted molar refractivity (Wildman–Crippen MR) is 112 cm³/mol. The molecule has 2 aliphatic heterocycles. The molecule has 0 bridgehead atoms. The number of oxime groups is 1. The SMILES string of the molecule is Nc1nc(/C(=N\OCC(=O)[O-])C([O-])=N[C@@H]2C(=O)N3C(C(=O)O)=C(SCC(F)(F)F)CS[C@H]23)cs1.[Na+].[Na+]. The van der Waals surface area contributed by atoms with Crippen molar-refractivity contribution in [2.75, 3.05) is 23.8 Å². The molecule has 0 unspecified atom stereocenters. The van der Waals surface area contributed by atoms with Crippen LogP contribution in [0.3, 0.4) is 0 Å². The molecule has 36 heavy (non-hydrogen) atoms. The smallest absolute Gasteiger partial charge is 0.857 e. The van der Waals surface area contributed by atoms with Crippen LogP contribution < -0.4 is 75.1 Å². The number of nitrogens with zero attached hydrogens (tertiary/aromatic N) is 4. The maximum absolute atomic E-state index is 12.7. The summed E-state index contributed by atoms with van der Waals surface area (Å²) in [7, 11) is 0. The van der Waals surface area contributed by atoms with Crippen LogP contribution in [0.15, 0.2) is 26.1 Å². The quantitative estimate of drug-likeness (QED) is 0.0920. The first-order valence-corrected chi connectivity index (χ1v) is 11.8. The fourth-order valence-electron chi connectivity index (χ4n) is 2.76. The molecule has 184 valence electrons. The van der Waals surface area contributed by atoms with E-state index < -0.39 is 65.1 Å². The monoisotopic (exact) mass is 585 g/mol. The molecular weight excluding hydrogens is 573 g/mol. The van der Waals surface area contributed by atoms with Crippen LogP contribution in [0.25, 0.3) is 0 Å². The number of carbonyl (C=O) groups is 3. The van der Waals surface area contributed by atoms with Crippen molar-refractivity contribution in [2.24, 2.45) is 10.1 Å². The van der Waals surface area contributed by atoms with Gasteiger partial charge in [0.05, 0.1) is 11.7 Å². The molecule has 1 saturated heterocycles. The molecule has 0 radical (unpaired) electrons. The number of hydrogen-bond acceptors (Lipinski definition) is 13. The van der Waals surface area contributed by atoms with E-state index in [2.05, 4.69) is 20.0 Å². The minimum absolute atomic E-state index is 0. The van der Waals surface area contributed by atoms with Gasteiger partial charge in [-0.25, -0.2) is 9.78 Å². The number of anilines is 1. The number of aliphatic carboxylic acids is 2. The van der Waals surface area contributed by atoms with Gasteiger partial charge >= 0.3 is 71.3 Å². The number of alkyl halides is 3. The molecule has 3 rings (SSSR count). The normalized spacial score (nSPS) is 20.1. The number of nitrogen functional groups attached to an aromatic ring is 1. The number of aromatic nitrogens is 1. The van der Waals surface area contributed by atoms with Gasteiger partial charge in [-0.05, 0) is 0 Å². The van der Waals surface area contributed by atoms with E-state index in [9.17, 15) is 42.9 Å². The molecule has 0 aromatic carbocycles. The molecule has 1 aromatic rings. The summed E-state index contributed by atoms with van der Waals surface area (Å²) in [6.07, 6.45) is -4.54. The summed E-state index contributed by atoms with van der Waals surface area (Å²) in [5.41, 5.74) is 4.26. The molecule has 1 fully saturated rings. The number of nitrogens with two attached hydrogens (primary N) is 1. The minimum atomic E-state index is -4.54. The second-order valence-corrected chi connectivity index (χ2v) is 9.49. The number of thioether (sulfide) groups is 2. The van der Waals surface area contributed by atoms with Crippen LogP contribution in [-0.2, 0) is 19.2 Å². The van der Waals surface area contributed by atoms with Gasteiger partial charge < -0.3 is 30.7 Å². The van der Waals surface area contributed by atoms with Gasteiger partial charge in [-0.3, -0.25) is 14.7 Å². The van der Waals surface area contributed by atoms with E-state index in [0.717, 1.165) is 28.0 Å². The van der Waals surface area contributed by atoms with Gasteiger partial charge in [0.1, 0.15) is 22.5 Å². The summed E-state index contributed by atoms with van der Waals surface area (Å²) < 4.78 is 37.7. The first-order chi connectivity index (χ1) is 15.9. The van der Waals surface area contributed by atoms with Crippen molar-refractivity contribution in [3.63, 3.8) is 0 Å². The number of hydrogen-bond donors (Lipinski definition) is 2. The summed E-state index contributed by atoms with van der Waals surface area (Å²) in [6, 6.07) is -1.36. The third-order valence-corrected chi connectivity index (χ3v) is 7.36. The van der Waals surface area contributed by atoms with Crippen LogP contribution in [0, 0.1) is 0 Å². The van der Waals surface area contributed by atoms with Gasteiger partial charge in [-0.15, -0.1) is 34.9 Å². The number of halogens is 3. The van der Waals surface area contributed by atoms with Crippen LogP contribution in [0.5, 0.6) is 0 Å². The van der Waals surface area contributed by atoms with Crippen molar-refractivity contribution in [3.05, 3.63) is 21.7 Å². The Morgan fingerprint density at radius 2 is 2.03 bits per heavy atom. The van der Waals surface area contributed by atoms with Gasteiger partial charge in [-0.2, -0.15) is 13.2 Å².